The molecule has 2 aromatic carbocycles. The molecule has 6 amide bonds. The second-order valence-corrected chi connectivity index (χ2v) is 27.4. The Balaban J connectivity index is 0.000000138. The fourth-order valence-electron chi connectivity index (χ4n) is 13.6. The molecule has 14 heterocycles. The van der Waals surface area contributed by atoms with Crippen LogP contribution in [0, 0.1) is 11.8 Å². The smallest absolute Gasteiger partial charge is 0.288 e. The van der Waals surface area contributed by atoms with Crippen molar-refractivity contribution in [2.24, 2.45) is 46.2 Å². The van der Waals surface area contributed by atoms with Gasteiger partial charge in [-0.1, -0.05) is 102 Å². The van der Waals surface area contributed by atoms with E-state index in [9.17, 15) is 64.5 Å². The molecule has 16 rings (SSSR count). The number of aliphatic hydroxyl groups is 8. The number of rotatable bonds is 20. The van der Waals surface area contributed by atoms with E-state index in [1.807, 2.05) is 102 Å². The Labute approximate surface area is 657 Å². The number of carbonyl (C=O) groups excluding carboxylic acids is 6. The van der Waals surface area contributed by atoms with E-state index in [4.69, 9.17) is 86.9 Å². The van der Waals surface area contributed by atoms with Crippen LogP contribution in [-0.2, 0) is 47.4 Å². The molecule has 48 heteroatoms. The van der Waals surface area contributed by atoms with E-state index in [2.05, 4.69) is 60.5 Å². The van der Waals surface area contributed by atoms with Gasteiger partial charge < -0.3 is 123 Å². The third kappa shape index (κ3) is 18.9. The Bertz CT molecular complexity index is 4150. The van der Waals surface area contributed by atoms with Crippen molar-refractivity contribution in [3.8, 4) is 0 Å². The highest BCUT2D eigenvalue weighted by molar-refractivity contribution is 5.90. The summed E-state index contributed by atoms with van der Waals surface area (Å²) in [7, 11) is 0. The number of primary amides is 6. The summed E-state index contributed by atoms with van der Waals surface area (Å²) in [5.74, 6) is -5.10. The van der Waals surface area contributed by atoms with Gasteiger partial charge in [-0.25, -0.2) is 58.0 Å². The van der Waals surface area contributed by atoms with Crippen LogP contribution in [0.2, 0.25) is 0 Å². The molecule has 628 valence electrons. The first-order valence-corrected chi connectivity index (χ1v) is 36.7. The van der Waals surface area contributed by atoms with Crippen molar-refractivity contribution in [1.29, 1.82) is 0 Å². The van der Waals surface area contributed by atoms with Crippen molar-refractivity contribution in [2.75, 3.05) is 13.2 Å². The lowest BCUT2D eigenvalue weighted by atomic mass is 9.99. The summed E-state index contributed by atoms with van der Waals surface area (Å²) in [5.41, 5.74) is 32.3. The number of aliphatic hydroxyl groups excluding tert-OH is 8. The van der Waals surface area contributed by atoms with Gasteiger partial charge in [0.2, 0.25) is 34.9 Å². The van der Waals surface area contributed by atoms with E-state index in [0.29, 0.717) is 6.42 Å². The van der Waals surface area contributed by atoms with Gasteiger partial charge in [0, 0.05) is 23.0 Å². The number of benzene rings is 2. The molecule has 8 aliphatic heterocycles. The zero-order valence-corrected chi connectivity index (χ0v) is 63.1. The second kappa shape index (κ2) is 38.0. The highest BCUT2D eigenvalue weighted by Crippen LogP contribution is 2.46. The quantitative estimate of drug-likeness (QED) is 0.0343. The molecule has 20 N–H and O–H groups in total. The highest BCUT2D eigenvalue weighted by atomic mass is 16.8. The third-order valence-electron chi connectivity index (χ3n) is 19.8. The van der Waals surface area contributed by atoms with E-state index in [1.165, 1.54) is 55.0 Å². The van der Waals surface area contributed by atoms with Crippen molar-refractivity contribution >= 4 is 35.4 Å². The maximum atomic E-state index is 11.2. The van der Waals surface area contributed by atoms with E-state index in [0.717, 1.165) is 41.4 Å². The number of hydrogen-bond acceptors (Lipinski definition) is 36. The van der Waals surface area contributed by atoms with Crippen molar-refractivity contribution in [2.45, 2.75) is 215 Å². The van der Waals surface area contributed by atoms with Gasteiger partial charge >= 0.3 is 0 Å². The average molecular weight is 1630 g/mol. The molecule has 116 heavy (non-hydrogen) atoms. The summed E-state index contributed by atoms with van der Waals surface area (Å²) in [4.78, 5) is 88.3. The molecule has 26 atom stereocenters. The lowest BCUT2D eigenvalue weighted by molar-refractivity contribution is -0.156. The molecular formula is C68H92N24O24. The molecule has 8 fully saturated rings. The van der Waals surface area contributed by atoms with Gasteiger partial charge in [-0.2, -0.15) is 0 Å². The van der Waals surface area contributed by atoms with Crippen LogP contribution in [-0.4, -0.2) is 276 Å². The molecule has 8 aromatic rings. The van der Waals surface area contributed by atoms with Crippen molar-refractivity contribution in [3.05, 3.63) is 145 Å². The standard InChI is InChI=1S/C16H18N4O4.C15H16N4O5.2C10H16N4O3.C9H14N4O4.C8H12N4O5/c1-2-10-11-12(24-16(23-11)9-6-4-3-5-7-9)15(22-10)20-8-18-14(19-20)13(17)21;16-12(21)13-17-7-19(18-13)14-11-10(9(6-20)22-14)23-15(24-11)8-4-2-1-3-5-8;1-3-6-7(15)5(2)10(17-6)14-4-12-9(13-14)8(11)16;1-3-6-5(2)7(15)10(17-6)14-4-12-9(13-14)8(11)16;1-2-4-5(14)6(15)9(17-4)13-3-11-8(12-13)7(10)16;9-6(16)7-10-2-12(11-7)8-5(15)4(14)3(1-13)17-8/h3-8,10-12,15-16H,2H2,1H3,(H2,17,21);1-5,7,9-11,14-15,20H,6H2,(H2,16,21);2*4-7,10,15H,3H2,1-2H3,(H2,11,16);3-6,9,14-15H,2H2,1H3,(H2,10,16);2-5,8,13-15H,1H2,(H2,9,16)/t10-,11?,12?,15-,16?;9-,10?,11?,14-,15?;5-,6-,7+,10-;5-,6-,7-,10-;4-,5-,6-,9-;3-,4-,5-,8-/m111111/s1. The fourth-order valence-corrected chi connectivity index (χ4v) is 13.6. The fraction of sp³-hybridized carbons (Fsp3) is 0.559. The number of ether oxygens (including phenoxy) is 10. The molecule has 0 saturated carbocycles. The molecule has 6 aromatic heterocycles. The molecule has 0 spiro atoms. The number of amides is 6. The van der Waals surface area contributed by atoms with E-state index in [1.54, 1.807) is 0 Å². The van der Waals surface area contributed by atoms with Crippen LogP contribution in [0.25, 0.3) is 0 Å². The van der Waals surface area contributed by atoms with Crippen LogP contribution in [0.15, 0.2) is 98.6 Å². The zero-order valence-electron chi connectivity index (χ0n) is 63.1. The highest BCUT2D eigenvalue weighted by Gasteiger charge is 2.56. The van der Waals surface area contributed by atoms with E-state index >= 15 is 0 Å². The lowest BCUT2D eigenvalue weighted by Crippen LogP contribution is -2.33. The monoisotopic (exact) mass is 1630 g/mol. The van der Waals surface area contributed by atoms with Crippen LogP contribution >= 0.6 is 0 Å². The number of fused-ring (bicyclic) bond motifs is 2. The largest absolute Gasteiger partial charge is 0.394 e. The molecule has 48 nitrogen and oxygen atoms in total. The van der Waals surface area contributed by atoms with E-state index in [-0.39, 0.29) is 83.9 Å². The van der Waals surface area contributed by atoms with Crippen LogP contribution in [0.5, 0.6) is 0 Å². The van der Waals surface area contributed by atoms with Crippen LogP contribution in [0.3, 0.4) is 0 Å². The van der Waals surface area contributed by atoms with Crippen molar-refractivity contribution < 1.29 is 117 Å². The minimum absolute atomic E-state index is 0.0174. The summed E-state index contributed by atoms with van der Waals surface area (Å²) >= 11 is 0. The summed E-state index contributed by atoms with van der Waals surface area (Å²) in [5, 5.41) is 100. The first kappa shape index (κ1) is 86.2. The maximum Gasteiger partial charge on any atom is 0.288 e. The van der Waals surface area contributed by atoms with Crippen LogP contribution in [0.1, 0.15) is 192 Å². The minimum Gasteiger partial charge on any atom is -0.394 e. The first-order valence-electron chi connectivity index (χ1n) is 36.7. The molecule has 0 radical (unpaired) electrons. The average Bonchev–Trinajstić information content (AvgIpc) is 1.61. The predicted molar refractivity (Wildman–Crippen MR) is 382 cm³/mol. The van der Waals surface area contributed by atoms with Crippen molar-refractivity contribution in [3.63, 3.8) is 0 Å². The predicted octanol–water partition coefficient (Wildman–Crippen LogP) is -4.33. The normalized spacial score (nSPS) is 32.5. The third-order valence-corrected chi connectivity index (χ3v) is 19.8. The van der Waals surface area contributed by atoms with Crippen molar-refractivity contribution in [1.82, 2.24) is 88.6 Å². The zero-order chi connectivity index (χ0) is 83.7. The molecule has 0 bridgehead atoms. The van der Waals surface area contributed by atoms with Gasteiger partial charge in [-0.05, 0) is 25.7 Å². The Morgan fingerprint density at radius 3 is 0.879 bits per heavy atom. The summed E-state index contributed by atoms with van der Waals surface area (Å²) in [6.07, 6.45) is -3.80. The second-order valence-electron chi connectivity index (χ2n) is 27.4. The lowest BCUT2D eigenvalue weighted by Gasteiger charge is -2.19. The SMILES string of the molecule is CC[C@H]1O[C@@H](n2cnc(C(N)=O)n2)C2OC(c3ccccc3)OC21.CC[C@H]1O[C@@H](n2cnc(C(N)=O)n2)[C@H](C)[C@@H]1O.CC[C@H]1O[C@@H](n2cnc(C(N)=O)n2)[C@H](O)[C@@H]1C.CC[C@H]1O[C@@H](n2cnc(C(N)=O)n2)[C@H](O)[C@@H]1O.NC(=O)c1ncn([C@@H]2O[C@H](CO)C3OC(c4ccccc4)OC32)n1.NC(=O)c1ncn([C@@H]2O[C@H](CO)[C@@H](O)[C@H]2O)n1. The van der Waals surface area contributed by atoms with Gasteiger partial charge in [0.1, 0.15) is 105 Å². The Hall–Kier alpha value is -10.6. The molecule has 8 saturated heterocycles. The molecule has 6 unspecified atom stereocenters. The minimum atomic E-state index is -1.27. The number of hydrogen-bond donors (Lipinski definition) is 14. The number of nitrogens with zero attached hydrogens (tertiary/aromatic N) is 18. The molecule has 0 aliphatic carbocycles. The Morgan fingerprint density at radius 1 is 0.310 bits per heavy atom. The van der Waals surface area contributed by atoms with Gasteiger partial charge in [-0.15, -0.1) is 30.6 Å². The summed E-state index contributed by atoms with van der Waals surface area (Å²) < 4.78 is 65.6. The topological polar surface area (TPSA) is 697 Å². The number of carbonyl (C=O) groups is 6. The Morgan fingerprint density at radius 2 is 0.578 bits per heavy atom. The van der Waals surface area contributed by atoms with Gasteiger partial charge in [0.15, 0.2) is 49.9 Å². The maximum absolute atomic E-state index is 11.2. The van der Waals surface area contributed by atoms with Gasteiger partial charge in [0.05, 0.1) is 43.7 Å². The first-order chi connectivity index (χ1) is 55.5. The van der Waals surface area contributed by atoms with Crippen LogP contribution in [0.4, 0.5) is 0 Å². The molecule has 8 aliphatic rings. The summed E-state index contributed by atoms with van der Waals surface area (Å²) in [6, 6.07) is 19.2. The number of nitrogens with two attached hydrogens (primary N) is 6. The van der Waals surface area contributed by atoms with Gasteiger partial charge in [-0.3, -0.25) is 28.8 Å². The molecular weight excluding hydrogens is 1540 g/mol. The van der Waals surface area contributed by atoms with Crippen LogP contribution < -0.4 is 34.4 Å². The van der Waals surface area contributed by atoms with Gasteiger partial charge in [0.25, 0.3) is 35.4 Å². The van der Waals surface area contributed by atoms with E-state index < -0.39 is 159 Å². The number of aromatic nitrogens is 18. The summed E-state index contributed by atoms with van der Waals surface area (Å²) in [6.45, 7) is 10.9. The Kier molecular flexibility index (Phi) is 28.2.